The van der Waals surface area contributed by atoms with Gasteiger partial charge in [-0.15, -0.1) is 0 Å². The lowest BCUT2D eigenvalue weighted by molar-refractivity contribution is -0.384. The van der Waals surface area contributed by atoms with Crippen molar-refractivity contribution in [2.45, 2.75) is 19.8 Å². The second kappa shape index (κ2) is 4.33. The highest BCUT2D eigenvalue weighted by molar-refractivity contribution is 6.31. The van der Waals surface area contributed by atoms with Gasteiger partial charge in [0, 0.05) is 24.1 Å². The van der Waals surface area contributed by atoms with Crippen molar-refractivity contribution in [1.82, 2.24) is 0 Å². The summed E-state index contributed by atoms with van der Waals surface area (Å²) in [5, 5.41) is 11.3. The molecule has 0 N–H and O–H groups in total. The first-order valence-corrected chi connectivity index (χ1v) is 5.69. The van der Waals surface area contributed by atoms with Gasteiger partial charge in [0.15, 0.2) is 0 Å². The van der Waals surface area contributed by atoms with Gasteiger partial charge < -0.3 is 4.90 Å². The van der Waals surface area contributed by atoms with E-state index in [1.54, 1.807) is 13.0 Å². The molecule has 0 saturated heterocycles. The number of amides is 1. The lowest BCUT2D eigenvalue weighted by Crippen LogP contribution is -2.28. The molecule has 1 heterocycles. The first-order valence-electron chi connectivity index (χ1n) is 5.31. The lowest BCUT2D eigenvalue weighted by atomic mass is 10.1. The zero-order valence-corrected chi connectivity index (χ0v) is 10.0. The molecule has 17 heavy (non-hydrogen) atoms. The van der Waals surface area contributed by atoms with Crippen LogP contribution in [0, 0.1) is 10.1 Å². The Morgan fingerprint density at radius 2 is 2.29 bits per heavy atom. The van der Waals surface area contributed by atoms with E-state index < -0.39 is 4.92 Å². The van der Waals surface area contributed by atoms with Crippen molar-refractivity contribution in [3.8, 4) is 0 Å². The maximum Gasteiger partial charge on any atom is 0.294 e. The molecule has 1 aromatic rings. The number of nitro groups is 1. The molecular formula is C11H11ClN2O3. The van der Waals surface area contributed by atoms with E-state index in [0.717, 1.165) is 5.56 Å². The topological polar surface area (TPSA) is 63.5 Å². The monoisotopic (exact) mass is 254 g/mol. The van der Waals surface area contributed by atoms with Crippen molar-refractivity contribution in [3.05, 3.63) is 32.8 Å². The second-order valence-corrected chi connectivity index (χ2v) is 4.28. The van der Waals surface area contributed by atoms with Gasteiger partial charge >= 0.3 is 0 Å². The zero-order chi connectivity index (χ0) is 12.6. The number of rotatable bonds is 2. The fourth-order valence-electron chi connectivity index (χ4n) is 2.07. The van der Waals surface area contributed by atoms with Crippen molar-refractivity contribution >= 4 is 28.9 Å². The summed E-state index contributed by atoms with van der Waals surface area (Å²) in [6.45, 7) is 2.23. The van der Waals surface area contributed by atoms with Crippen LogP contribution in [0.5, 0.6) is 0 Å². The summed E-state index contributed by atoms with van der Waals surface area (Å²) in [6.07, 6.45) is 0.946. The molecule has 0 bridgehead atoms. The third-order valence-electron chi connectivity index (χ3n) is 2.81. The van der Waals surface area contributed by atoms with Crippen LogP contribution in [-0.4, -0.2) is 17.4 Å². The number of fused-ring (bicyclic) bond motifs is 1. The fraction of sp³-hybridized carbons (Fsp3) is 0.364. The summed E-state index contributed by atoms with van der Waals surface area (Å²) in [6, 6.07) is 2.98. The molecule has 6 heteroatoms. The van der Waals surface area contributed by atoms with Gasteiger partial charge in [-0.1, -0.05) is 18.5 Å². The summed E-state index contributed by atoms with van der Waals surface area (Å²) in [7, 11) is 0. The molecule has 0 spiro atoms. The minimum atomic E-state index is -0.494. The van der Waals surface area contributed by atoms with Crippen molar-refractivity contribution in [2.24, 2.45) is 0 Å². The molecule has 90 valence electrons. The van der Waals surface area contributed by atoms with Gasteiger partial charge in [0.1, 0.15) is 5.69 Å². The van der Waals surface area contributed by atoms with Gasteiger partial charge in [0.05, 0.1) is 4.92 Å². The Kier molecular flexibility index (Phi) is 3.02. The second-order valence-electron chi connectivity index (χ2n) is 3.84. The predicted molar refractivity (Wildman–Crippen MR) is 64.5 cm³/mol. The Morgan fingerprint density at radius 1 is 1.59 bits per heavy atom. The molecule has 0 unspecified atom stereocenters. The molecule has 2 rings (SSSR count). The number of benzene rings is 1. The van der Waals surface area contributed by atoms with E-state index in [4.69, 9.17) is 11.6 Å². The van der Waals surface area contributed by atoms with Crippen LogP contribution in [0.3, 0.4) is 0 Å². The number of carbonyl (C=O) groups excluding carboxylic acids is 1. The smallest absolute Gasteiger partial charge is 0.294 e. The van der Waals surface area contributed by atoms with Crippen LogP contribution in [0.25, 0.3) is 0 Å². The van der Waals surface area contributed by atoms with Gasteiger partial charge in [0.2, 0.25) is 5.91 Å². The summed E-state index contributed by atoms with van der Waals surface area (Å²) in [5.41, 5.74) is 1.09. The van der Waals surface area contributed by atoms with Crippen LogP contribution in [-0.2, 0) is 11.2 Å². The van der Waals surface area contributed by atoms with Crippen LogP contribution in [0.2, 0.25) is 5.02 Å². The van der Waals surface area contributed by atoms with Crippen molar-refractivity contribution in [3.63, 3.8) is 0 Å². The van der Waals surface area contributed by atoms with Gasteiger partial charge in [-0.05, 0) is 18.1 Å². The number of hydrogen-bond acceptors (Lipinski definition) is 3. The zero-order valence-electron chi connectivity index (χ0n) is 9.27. The molecule has 5 nitrogen and oxygen atoms in total. The van der Waals surface area contributed by atoms with Gasteiger partial charge in [0.25, 0.3) is 5.69 Å². The maximum absolute atomic E-state index is 11.7. The summed E-state index contributed by atoms with van der Waals surface area (Å²) >= 11 is 5.83. The molecule has 0 radical (unpaired) electrons. The fourth-order valence-corrected chi connectivity index (χ4v) is 2.30. The molecule has 1 aliphatic heterocycles. The van der Waals surface area contributed by atoms with Crippen molar-refractivity contribution < 1.29 is 9.72 Å². The Hall–Kier alpha value is -1.62. The molecular weight excluding hydrogens is 244 g/mol. The van der Waals surface area contributed by atoms with Gasteiger partial charge in [-0.3, -0.25) is 14.9 Å². The van der Waals surface area contributed by atoms with Crippen LogP contribution in [0.15, 0.2) is 12.1 Å². The SMILES string of the molecule is CCC(=O)N1CCc2cc(Cl)cc([N+](=O)[O-])c21. The van der Waals surface area contributed by atoms with Crippen LogP contribution in [0.4, 0.5) is 11.4 Å². The van der Waals surface area contributed by atoms with E-state index in [1.165, 1.54) is 11.0 Å². The van der Waals surface area contributed by atoms with Crippen LogP contribution < -0.4 is 4.90 Å². The number of nitro benzene ring substituents is 1. The Balaban J connectivity index is 2.57. The highest BCUT2D eigenvalue weighted by atomic mass is 35.5. The molecule has 1 aromatic carbocycles. The Bertz CT molecular complexity index is 502. The molecule has 0 fully saturated rings. The van der Waals surface area contributed by atoms with E-state index in [9.17, 15) is 14.9 Å². The molecule has 0 atom stereocenters. The molecule has 1 amide bonds. The van der Waals surface area contributed by atoms with E-state index in [2.05, 4.69) is 0 Å². The number of nitrogens with zero attached hydrogens (tertiary/aromatic N) is 2. The van der Waals surface area contributed by atoms with Gasteiger partial charge in [-0.25, -0.2) is 0 Å². The standard InChI is InChI=1S/C11H11ClN2O3/c1-2-10(15)13-4-3-7-5-8(12)6-9(11(7)13)14(16)17/h5-6H,2-4H2,1H3. The summed E-state index contributed by atoms with van der Waals surface area (Å²) in [5.74, 6) is -0.103. The first-order chi connectivity index (χ1) is 8.04. The third kappa shape index (κ3) is 1.98. The summed E-state index contributed by atoms with van der Waals surface area (Å²) in [4.78, 5) is 23.7. The highest BCUT2D eigenvalue weighted by Crippen LogP contribution is 2.39. The number of carbonyl (C=O) groups is 1. The number of anilines is 1. The number of hydrogen-bond donors (Lipinski definition) is 0. The van der Waals surface area contributed by atoms with Gasteiger partial charge in [-0.2, -0.15) is 0 Å². The van der Waals surface area contributed by atoms with E-state index in [1.807, 2.05) is 0 Å². The molecule has 0 saturated carbocycles. The Labute approximate surface area is 103 Å². The first kappa shape index (κ1) is 11.9. The van der Waals surface area contributed by atoms with E-state index in [0.29, 0.717) is 30.1 Å². The molecule has 1 aliphatic rings. The Morgan fingerprint density at radius 3 is 2.88 bits per heavy atom. The van der Waals surface area contributed by atoms with Crippen molar-refractivity contribution in [2.75, 3.05) is 11.4 Å². The summed E-state index contributed by atoms with van der Waals surface area (Å²) < 4.78 is 0. The predicted octanol–water partition coefficient (Wildman–Crippen LogP) is 2.55. The molecule has 0 aliphatic carbocycles. The highest BCUT2D eigenvalue weighted by Gasteiger charge is 2.31. The lowest BCUT2D eigenvalue weighted by Gasteiger charge is -2.16. The molecule has 0 aromatic heterocycles. The average molecular weight is 255 g/mol. The van der Waals surface area contributed by atoms with E-state index in [-0.39, 0.29) is 11.6 Å². The quantitative estimate of drug-likeness (QED) is 0.602. The average Bonchev–Trinajstić information content (AvgIpc) is 2.70. The third-order valence-corrected chi connectivity index (χ3v) is 3.03. The minimum Gasteiger partial charge on any atom is -0.306 e. The maximum atomic E-state index is 11.7. The normalized spacial score (nSPS) is 13.6. The van der Waals surface area contributed by atoms with E-state index >= 15 is 0 Å². The van der Waals surface area contributed by atoms with Crippen molar-refractivity contribution in [1.29, 1.82) is 0 Å². The minimum absolute atomic E-state index is 0.0909. The number of halogens is 1. The van der Waals surface area contributed by atoms with Crippen LogP contribution in [0.1, 0.15) is 18.9 Å². The largest absolute Gasteiger partial charge is 0.306 e. The van der Waals surface area contributed by atoms with Crippen LogP contribution >= 0.6 is 11.6 Å².